The number of ether oxygens (including phenoxy) is 1. The molecule has 0 aromatic heterocycles. The Morgan fingerprint density at radius 3 is 2.40 bits per heavy atom. The van der Waals surface area contributed by atoms with Crippen LogP contribution in [0.1, 0.15) is 11.1 Å². The minimum Gasteiger partial charge on any atom is -0.495 e. The Morgan fingerprint density at radius 1 is 1.08 bits per heavy atom. The Morgan fingerprint density at radius 2 is 1.76 bits per heavy atom. The van der Waals surface area contributed by atoms with E-state index in [0.717, 1.165) is 25.2 Å². The molecule has 0 aliphatic carbocycles. The van der Waals surface area contributed by atoms with Crippen LogP contribution in [0.5, 0.6) is 5.75 Å². The highest BCUT2D eigenvalue weighted by molar-refractivity contribution is 7.89. The van der Waals surface area contributed by atoms with Crippen molar-refractivity contribution in [3.05, 3.63) is 59.7 Å². The lowest BCUT2D eigenvalue weighted by molar-refractivity contribution is -0.917. The Hall–Kier alpha value is -1.89. The maximum Gasteiger partial charge on any atom is 0.247 e. The number of hydrogen-bond acceptors (Lipinski definition) is 3. The molecule has 1 heterocycles. The number of methoxy groups -OCH3 is 1. The first-order valence-electron chi connectivity index (χ1n) is 8.53. The maximum absolute atomic E-state index is 13.0. The number of piperazine rings is 1. The Bertz CT molecular complexity index is 814. The molecule has 3 rings (SSSR count). The van der Waals surface area contributed by atoms with E-state index >= 15 is 0 Å². The van der Waals surface area contributed by atoms with Gasteiger partial charge >= 0.3 is 0 Å². The zero-order chi connectivity index (χ0) is 17.9. The summed E-state index contributed by atoms with van der Waals surface area (Å²) in [5.74, 6) is 0.407. The van der Waals surface area contributed by atoms with E-state index in [1.165, 1.54) is 17.6 Å². The van der Waals surface area contributed by atoms with E-state index in [1.807, 2.05) is 31.2 Å². The maximum atomic E-state index is 13.0. The molecule has 1 fully saturated rings. The molecule has 0 spiro atoms. The Balaban J connectivity index is 1.71. The van der Waals surface area contributed by atoms with Gasteiger partial charge in [-0.1, -0.05) is 36.4 Å². The van der Waals surface area contributed by atoms with Gasteiger partial charge in [0, 0.05) is 5.56 Å². The van der Waals surface area contributed by atoms with Crippen LogP contribution in [-0.4, -0.2) is 46.0 Å². The molecule has 1 saturated heterocycles. The quantitative estimate of drug-likeness (QED) is 0.868. The molecule has 134 valence electrons. The molecule has 0 radical (unpaired) electrons. The fourth-order valence-electron chi connectivity index (χ4n) is 3.23. The second-order valence-electron chi connectivity index (χ2n) is 6.47. The molecule has 5 nitrogen and oxygen atoms in total. The number of benzene rings is 2. The van der Waals surface area contributed by atoms with Crippen LogP contribution in [-0.2, 0) is 16.6 Å². The summed E-state index contributed by atoms with van der Waals surface area (Å²) < 4.78 is 32.9. The molecule has 0 bridgehead atoms. The van der Waals surface area contributed by atoms with Crippen LogP contribution in [0.4, 0.5) is 0 Å². The first-order chi connectivity index (χ1) is 12.0. The molecular formula is C19H25N2O3S+. The van der Waals surface area contributed by atoms with Crippen LogP contribution >= 0.6 is 0 Å². The molecule has 0 amide bonds. The summed E-state index contributed by atoms with van der Waals surface area (Å²) in [5, 5.41) is 0. The topological polar surface area (TPSA) is 51.1 Å². The fraction of sp³-hybridized carbons (Fsp3) is 0.368. The van der Waals surface area contributed by atoms with E-state index in [4.69, 9.17) is 4.74 Å². The predicted octanol–water partition coefficient (Wildman–Crippen LogP) is 1.09. The number of hydrogen-bond donors (Lipinski definition) is 1. The second-order valence-corrected chi connectivity index (χ2v) is 8.38. The van der Waals surface area contributed by atoms with Gasteiger partial charge in [-0.2, -0.15) is 4.31 Å². The minimum absolute atomic E-state index is 0.265. The standard InChI is InChI=1S/C19H24N2O3S/c1-16-8-9-18(24-2)19(14-16)25(22,23)21-12-10-20(11-13-21)15-17-6-4-3-5-7-17/h3-9,14H,10-13,15H2,1-2H3/p+1. The third kappa shape index (κ3) is 4.03. The van der Waals surface area contributed by atoms with Gasteiger partial charge in [-0.05, 0) is 24.6 Å². The number of quaternary nitrogens is 1. The van der Waals surface area contributed by atoms with Crippen LogP contribution in [0.3, 0.4) is 0 Å². The summed E-state index contributed by atoms with van der Waals surface area (Å²) in [5.41, 5.74) is 2.20. The third-order valence-corrected chi connectivity index (χ3v) is 6.58. The predicted molar refractivity (Wildman–Crippen MR) is 97.3 cm³/mol. The smallest absolute Gasteiger partial charge is 0.247 e. The number of rotatable bonds is 5. The molecule has 2 aromatic rings. The van der Waals surface area contributed by atoms with E-state index < -0.39 is 10.0 Å². The summed E-state index contributed by atoms with van der Waals surface area (Å²) in [6.45, 7) is 5.50. The molecule has 1 aliphatic heterocycles. The lowest BCUT2D eigenvalue weighted by Gasteiger charge is -2.31. The lowest BCUT2D eigenvalue weighted by Crippen LogP contribution is -3.13. The van der Waals surface area contributed by atoms with Crippen LogP contribution in [0.2, 0.25) is 0 Å². The lowest BCUT2D eigenvalue weighted by atomic mass is 10.2. The van der Waals surface area contributed by atoms with Gasteiger partial charge in [-0.3, -0.25) is 0 Å². The monoisotopic (exact) mass is 361 g/mol. The van der Waals surface area contributed by atoms with E-state index in [2.05, 4.69) is 12.1 Å². The fourth-order valence-corrected chi connectivity index (χ4v) is 4.91. The summed E-state index contributed by atoms with van der Waals surface area (Å²) in [6, 6.07) is 15.6. The van der Waals surface area contributed by atoms with Gasteiger partial charge in [-0.25, -0.2) is 8.42 Å². The van der Waals surface area contributed by atoms with E-state index in [0.29, 0.717) is 18.8 Å². The van der Waals surface area contributed by atoms with Crippen molar-refractivity contribution in [2.24, 2.45) is 0 Å². The van der Waals surface area contributed by atoms with Crippen LogP contribution in [0.15, 0.2) is 53.4 Å². The minimum atomic E-state index is -3.53. The molecule has 2 aromatic carbocycles. The van der Waals surface area contributed by atoms with Crippen molar-refractivity contribution in [3.63, 3.8) is 0 Å². The van der Waals surface area contributed by atoms with Gasteiger partial charge in [0.05, 0.1) is 33.3 Å². The number of sulfonamides is 1. The zero-order valence-corrected chi connectivity index (χ0v) is 15.6. The molecule has 6 heteroatoms. The largest absolute Gasteiger partial charge is 0.495 e. The number of nitrogens with zero attached hydrogens (tertiary/aromatic N) is 1. The molecular weight excluding hydrogens is 336 g/mol. The van der Waals surface area contributed by atoms with Gasteiger partial charge in [0.2, 0.25) is 10.0 Å². The second kappa shape index (κ2) is 7.56. The van der Waals surface area contributed by atoms with Gasteiger partial charge in [0.1, 0.15) is 17.2 Å². The van der Waals surface area contributed by atoms with Crippen molar-refractivity contribution < 1.29 is 18.1 Å². The first kappa shape index (κ1) is 17.9. The number of aryl methyl sites for hydroxylation is 1. The summed E-state index contributed by atoms with van der Waals surface area (Å²) in [4.78, 5) is 1.68. The van der Waals surface area contributed by atoms with E-state index in [-0.39, 0.29) is 4.90 Å². The first-order valence-corrected chi connectivity index (χ1v) is 9.97. The third-order valence-electron chi connectivity index (χ3n) is 4.66. The summed E-state index contributed by atoms with van der Waals surface area (Å²) >= 11 is 0. The summed E-state index contributed by atoms with van der Waals surface area (Å²) in [7, 11) is -2.02. The van der Waals surface area contributed by atoms with Crippen molar-refractivity contribution in [2.75, 3.05) is 33.3 Å². The molecule has 0 unspecified atom stereocenters. The molecule has 0 saturated carbocycles. The highest BCUT2D eigenvalue weighted by Crippen LogP contribution is 2.27. The Labute approximate surface area is 149 Å². The van der Waals surface area contributed by atoms with E-state index in [9.17, 15) is 8.42 Å². The van der Waals surface area contributed by atoms with Gasteiger partial charge < -0.3 is 9.64 Å². The van der Waals surface area contributed by atoms with Crippen molar-refractivity contribution in [3.8, 4) is 5.75 Å². The summed E-state index contributed by atoms with van der Waals surface area (Å²) in [6.07, 6.45) is 0. The van der Waals surface area contributed by atoms with Crippen LogP contribution in [0, 0.1) is 6.92 Å². The average Bonchev–Trinajstić information content (AvgIpc) is 2.63. The SMILES string of the molecule is COc1ccc(C)cc1S(=O)(=O)N1CC[NH+](Cc2ccccc2)CC1. The van der Waals surface area contributed by atoms with Gasteiger partial charge in [0.15, 0.2) is 0 Å². The molecule has 25 heavy (non-hydrogen) atoms. The Kier molecular flexibility index (Phi) is 5.42. The van der Waals surface area contributed by atoms with Gasteiger partial charge in [0.25, 0.3) is 0 Å². The van der Waals surface area contributed by atoms with Crippen molar-refractivity contribution in [2.45, 2.75) is 18.4 Å². The van der Waals surface area contributed by atoms with Crippen LogP contribution in [0.25, 0.3) is 0 Å². The zero-order valence-electron chi connectivity index (χ0n) is 14.7. The van der Waals surface area contributed by atoms with Crippen LogP contribution < -0.4 is 9.64 Å². The van der Waals surface area contributed by atoms with Gasteiger partial charge in [-0.15, -0.1) is 0 Å². The highest BCUT2D eigenvalue weighted by Gasteiger charge is 2.32. The number of nitrogens with one attached hydrogen (secondary N) is 1. The normalized spacial score (nSPS) is 16.7. The van der Waals surface area contributed by atoms with Crippen molar-refractivity contribution in [1.29, 1.82) is 0 Å². The average molecular weight is 361 g/mol. The molecule has 1 N–H and O–H groups in total. The van der Waals surface area contributed by atoms with Crippen molar-refractivity contribution in [1.82, 2.24) is 4.31 Å². The highest BCUT2D eigenvalue weighted by atomic mass is 32.2. The van der Waals surface area contributed by atoms with E-state index in [1.54, 1.807) is 16.4 Å². The molecule has 0 atom stereocenters. The van der Waals surface area contributed by atoms with Crippen molar-refractivity contribution >= 4 is 10.0 Å². The molecule has 1 aliphatic rings.